The van der Waals surface area contributed by atoms with Gasteiger partial charge < -0.3 is 0 Å². The summed E-state index contributed by atoms with van der Waals surface area (Å²) in [6.45, 7) is 11.6. The zero-order chi connectivity index (χ0) is 16.1. The number of rotatable bonds is 0. The first kappa shape index (κ1) is 19.2. The van der Waals surface area contributed by atoms with Gasteiger partial charge in [-0.1, -0.05) is 97.1 Å². The minimum atomic E-state index is -0.276. The normalized spacial score (nSPS) is 40.3. The monoisotopic (exact) mass is 286 g/mol. The van der Waals surface area contributed by atoms with Crippen LogP contribution >= 0.6 is 0 Å². The van der Waals surface area contributed by atoms with Crippen LogP contribution in [-0.4, -0.2) is 15.7 Å². The Kier molecular flexibility index (Phi) is 7.41. The third-order valence-electron chi connectivity index (χ3n) is 6.33. The molecule has 21 heavy (non-hydrogen) atoms. The van der Waals surface area contributed by atoms with Crippen LogP contribution in [0.2, 0.25) is 11.1 Å². The van der Waals surface area contributed by atoms with Gasteiger partial charge in [0.25, 0.3) is 0 Å². The molecule has 1 saturated carbocycles. The molecule has 4 unspecified atom stereocenters. The van der Waals surface area contributed by atoms with E-state index in [0.717, 1.165) is 6.42 Å². The molecule has 1 aliphatic rings. The minimum Gasteiger partial charge on any atom is -0.0793 e. The Balaban J connectivity index is 2.81. The van der Waals surface area contributed by atoms with Gasteiger partial charge >= 0.3 is 0 Å². The first-order valence-electron chi connectivity index (χ1n) is 9.22. The molecule has 2 heteroatoms. The van der Waals surface area contributed by atoms with E-state index < -0.39 is 0 Å². The molecule has 0 aromatic rings. The van der Waals surface area contributed by atoms with Crippen LogP contribution in [0.25, 0.3) is 0 Å². The first-order valence-corrected chi connectivity index (χ1v) is 9.22. The van der Waals surface area contributed by atoms with Crippen molar-refractivity contribution in [3.63, 3.8) is 0 Å². The molecule has 0 heterocycles. The molecule has 0 N–H and O–H groups in total. The van der Waals surface area contributed by atoms with Gasteiger partial charge in [0.1, 0.15) is 0 Å². The summed E-state index contributed by atoms with van der Waals surface area (Å²) in [7, 11) is 13.3. The summed E-state index contributed by atoms with van der Waals surface area (Å²) in [5.74, 6) is 1.24. The largest absolute Gasteiger partial charge is 0.0793 e. The van der Waals surface area contributed by atoms with E-state index in [4.69, 9.17) is 15.7 Å². The van der Waals surface area contributed by atoms with Crippen molar-refractivity contribution in [2.24, 2.45) is 17.3 Å². The summed E-state index contributed by atoms with van der Waals surface area (Å²) in [5, 5.41) is -0.276. The summed E-state index contributed by atoms with van der Waals surface area (Å²) < 4.78 is 0. The lowest BCUT2D eigenvalue weighted by atomic mass is 9.44. The molecule has 1 fully saturated rings. The fourth-order valence-electron chi connectivity index (χ4n) is 3.97. The molecule has 1 aliphatic carbocycles. The molecule has 0 nitrogen and oxygen atoms in total. The molecule has 4 atom stereocenters. The van der Waals surface area contributed by atoms with Crippen molar-refractivity contribution in [1.82, 2.24) is 0 Å². The summed E-state index contributed by atoms with van der Waals surface area (Å²) in [5.41, 5.74) is 0.272. The third kappa shape index (κ3) is 5.68. The van der Waals surface area contributed by atoms with E-state index >= 15 is 0 Å². The average Bonchev–Trinajstić information content (AvgIpc) is 2.39. The predicted molar refractivity (Wildman–Crippen MR) is 97.3 cm³/mol. The fourth-order valence-corrected chi connectivity index (χ4v) is 3.97. The maximum absolute atomic E-state index is 6.73. The second-order valence-electron chi connectivity index (χ2n) is 8.68. The van der Waals surface area contributed by atoms with Gasteiger partial charge in [-0.2, -0.15) is 0 Å². The lowest BCUT2D eigenvalue weighted by Crippen LogP contribution is -2.35. The van der Waals surface area contributed by atoms with Crippen LogP contribution in [0.4, 0.5) is 0 Å². The Hall–Kier alpha value is 0.130. The average molecular weight is 286 g/mol. The molecule has 118 valence electrons. The van der Waals surface area contributed by atoms with Gasteiger partial charge in [0, 0.05) is 0 Å². The fraction of sp³-hybridized carbons (Fsp3) is 1.00. The van der Waals surface area contributed by atoms with Gasteiger partial charge in [0.15, 0.2) is 0 Å². The van der Waals surface area contributed by atoms with Crippen molar-refractivity contribution in [1.29, 1.82) is 0 Å². The van der Waals surface area contributed by atoms with E-state index in [1.165, 1.54) is 51.4 Å². The zero-order valence-electron chi connectivity index (χ0n) is 15.3. The smallest absolute Gasteiger partial charge is 0.0740 e. The van der Waals surface area contributed by atoms with Gasteiger partial charge in [0.05, 0.1) is 15.7 Å². The summed E-state index contributed by atoms with van der Waals surface area (Å²) in [6, 6.07) is 0. The summed E-state index contributed by atoms with van der Waals surface area (Å²) in [4.78, 5) is 0. The van der Waals surface area contributed by atoms with Crippen LogP contribution in [0.1, 0.15) is 92.4 Å². The minimum absolute atomic E-state index is 0.102. The van der Waals surface area contributed by atoms with Crippen LogP contribution in [0, 0.1) is 17.3 Å². The van der Waals surface area contributed by atoms with Crippen LogP contribution < -0.4 is 0 Å². The first-order chi connectivity index (χ1) is 9.68. The van der Waals surface area contributed by atoms with Gasteiger partial charge in [-0.25, -0.2) is 0 Å². The molecular formula is C19H36B2. The Morgan fingerprint density at radius 1 is 0.857 bits per heavy atom. The Bertz CT molecular complexity index is 296. The Morgan fingerprint density at radius 3 is 2.00 bits per heavy atom. The van der Waals surface area contributed by atoms with E-state index in [2.05, 4.69) is 34.6 Å². The molecule has 0 aromatic carbocycles. The third-order valence-corrected chi connectivity index (χ3v) is 6.33. The van der Waals surface area contributed by atoms with E-state index in [0.29, 0.717) is 11.8 Å². The molecular weight excluding hydrogens is 250 g/mol. The van der Waals surface area contributed by atoms with E-state index in [1.807, 2.05) is 0 Å². The SMILES string of the molecule is [B]C1CC(C)CCCCCCCCC(C)(C)C(C)C1([B])C. The second-order valence-corrected chi connectivity index (χ2v) is 8.68. The van der Waals surface area contributed by atoms with E-state index in [9.17, 15) is 0 Å². The van der Waals surface area contributed by atoms with Crippen LogP contribution in [0.15, 0.2) is 0 Å². The summed E-state index contributed by atoms with van der Waals surface area (Å²) >= 11 is 0. The Morgan fingerprint density at radius 2 is 1.38 bits per heavy atom. The van der Waals surface area contributed by atoms with Crippen molar-refractivity contribution in [2.75, 3.05) is 0 Å². The maximum Gasteiger partial charge on any atom is 0.0740 e. The maximum atomic E-state index is 6.73. The molecule has 0 aliphatic heterocycles. The topological polar surface area (TPSA) is 0 Å². The summed E-state index contributed by atoms with van der Waals surface area (Å²) in [6.07, 6.45) is 11.9. The van der Waals surface area contributed by atoms with Gasteiger partial charge in [-0.05, 0) is 23.7 Å². The van der Waals surface area contributed by atoms with E-state index in [1.54, 1.807) is 0 Å². The van der Waals surface area contributed by atoms with Crippen molar-refractivity contribution in [2.45, 2.75) is 104 Å². The molecule has 0 aromatic heterocycles. The number of hydrogen-bond acceptors (Lipinski definition) is 0. The number of hydrogen-bond donors (Lipinski definition) is 0. The van der Waals surface area contributed by atoms with Crippen molar-refractivity contribution in [3.05, 3.63) is 0 Å². The lowest BCUT2D eigenvalue weighted by Gasteiger charge is -2.48. The molecule has 0 saturated heterocycles. The van der Waals surface area contributed by atoms with Crippen LogP contribution in [0.5, 0.6) is 0 Å². The molecule has 0 amide bonds. The van der Waals surface area contributed by atoms with Crippen LogP contribution in [0.3, 0.4) is 0 Å². The molecule has 0 spiro atoms. The van der Waals surface area contributed by atoms with Crippen molar-refractivity contribution < 1.29 is 0 Å². The highest BCUT2D eigenvalue weighted by molar-refractivity contribution is 6.24. The molecule has 4 radical (unpaired) electrons. The Labute approximate surface area is 137 Å². The van der Waals surface area contributed by atoms with Gasteiger partial charge in [-0.15, -0.1) is 0 Å². The highest BCUT2D eigenvalue weighted by Crippen LogP contribution is 2.53. The van der Waals surface area contributed by atoms with Crippen molar-refractivity contribution in [3.8, 4) is 0 Å². The second kappa shape index (κ2) is 8.11. The standard InChI is InChI=1S/C19H36B2/c1-15-12-10-8-6-7-9-11-13-18(3,4)16(2)19(5,21)17(20)14-15/h15-17H,6-14H2,1-5H3. The lowest BCUT2D eigenvalue weighted by molar-refractivity contribution is 0.147. The highest BCUT2D eigenvalue weighted by atomic mass is 14.4. The van der Waals surface area contributed by atoms with Gasteiger partial charge in [-0.3, -0.25) is 0 Å². The van der Waals surface area contributed by atoms with Crippen molar-refractivity contribution >= 4 is 15.7 Å². The van der Waals surface area contributed by atoms with Gasteiger partial charge in [0.2, 0.25) is 0 Å². The highest BCUT2D eigenvalue weighted by Gasteiger charge is 2.39. The zero-order valence-corrected chi connectivity index (χ0v) is 15.3. The van der Waals surface area contributed by atoms with E-state index in [-0.39, 0.29) is 16.5 Å². The molecule has 1 rings (SSSR count). The predicted octanol–water partition coefficient (Wildman–Crippen LogP) is 6.11. The quantitative estimate of drug-likeness (QED) is 0.471. The molecule has 0 bridgehead atoms. The van der Waals surface area contributed by atoms with Crippen LogP contribution in [-0.2, 0) is 0 Å².